The van der Waals surface area contributed by atoms with Crippen molar-refractivity contribution < 1.29 is 29.0 Å². The van der Waals surface area contributed by atoms with E-state index in [1.165, 1.54) is 74.1 Å². The van der Waals surface area contributed by atoms with Crippen molar-refractivity contribution in [2.75, 3.05) is 12.8 Å². The number of Topliss-reactive ketones (excluding diaryl/α,β-unsaturated/α-hetero) is 1. The molecule has 0 aromatic carbocycles. The van der Waals surface area contributed by atoms with E-state index in [0.29, 0.717) is 50.0 Å². The van der Waals surface area contributed by atoms with Gasteiger partial charge in [0.1, 0.15) is 5.78 Å². The Kier molecular flexibility index (Phi) is 24.2. The number of carbonyl (C=O) groups is 4. The largest absolute Gasteiger partial charge is 0.476 e. The molecule has 0 aliphatic heterocycles. The highest BCUT2D eigenvalue weighted by molar-refractivity contribution is 9.10. The first-order valence-corrected chi connectivity index (χ1v) is 31.4. The number of nitrogens with zero attached hydrogens (tertiary/aromatic N) is 17. The van der Waals surface area contributed by atoms with Gasteiger partial charge in [0.2, 0.25) is 0 Å². The number of ketones is 1. The number of ether oxygens (including phenoxy) is 1. The molecule has 0 saturated heterocycles. The molecule has 0 atom stereocenters. The number of nitrogens with one attached hydrogen (secondary N) is 1. The number of carbonyl (C=O) groups excluding carboxylic acids is 3. The lowest BCUT2D eigenvalue weighted by molar-refractivity contribution is -0.117. The lowest BCUT2D eigenvalue weighted by Crippen LogP contribution is -2.23. The number of anilines is 1. The molecule has 0 radical (unpaired) electrons. The highest BCUT2D eigenvalue weighted by atomic mass is 79.9. The summed E-state index contributed by atoms with van der Waals surface area (Å²) in [5.74, 6) is -0.934. The van der Waals surface area contributed by atoms with Crippen LogP contribution < -0.4 is 16.8 Å². The standard InChI is InChI=1S/C23H25N7O.C17H19N5O2.C12H15BrN6O2.C6H8N2.C5H8O/c31-23(25-14-18-8-1-3-10-24-18)22-15-30(29-28-22)11-4-2-7-17-13-20-19-9-5-6-16(19)12-21(20)27-26-17;23-17(24)16-10-22(21-20-16)7-2-1-5-12-9-14-13-6-3-4-11(13)8-15(14)19-18-12;1-21-12(20)10-7-19(18-16-10)5-3-2-4-8-6-9(13)11(14)17-15-8;7-5-6-3-1-2-4-8-6;6-5-3-1-2-4-5/h1,3,8,10,13,15H,2,4-7,9,11-12,14H2,(H,25,31);9-10H,1-8H2,(H,23,24);6-7H,2-5H2,1H3,(H2,14,17);1-4H,5,7H2;1-4H2. The van der Waals surface area contributed by atoms with Gasteiger partial charge in [0.25, 0.3) is 5.91 Å². The minimum absolute atomic E-state index is 0.0138. The fourth-order valence-corrected chi connectivity index (χ4v) is 11.3. The molecule has 0 bridgehead atoms. The van der Waals surface area contributed by atoms with Gasteiger partial charge in [-0.1, -0.05) is 38.9 Å². The summed E-state index contributed by atoms with van der Waals surface area (Å²) in [5, 5.41) is 60.3. The second kappa shape index (κ2) is 33.4. The number of aromatic nitrogens is 17. The van der Waals surface area contributed by atoms with Gasteiger partial charge < -0.3 is 26.6 Å². The normalized spacial score (nSPS) is 14.0. The summed E-state index contributed by atoms with van der Waals surface area (Å²) < 4.78 is 10.2. The Morgan fingerprint density at radius 2 is 1.07 bits per heavy atom. The van der Waals surface area contributed by atoms with Crippen LogP contribution in [0.3, 0.4) is 0 Å². The number of hydrogen-bond donors (Lipinski definition) is 4. The number of halogens is 1. The van der Waals surface area contributed by atoms with Crippen LogP contribution in [-0.4, -0.2) is 121 Å². The van der Waals surface area contributed by atoms with E-state index in [0.717, 1.165) is 141 Å². The van der Waals surface area contributed by atoms with Crippen molar-refractivity contribution >= 4 is 56.5 Å². The van der Waals surface area contributed by atoms with Crippen molar-refractivity contribution in [2.45, 2.75) is 168 Å². The summed E-state index contributed by atoms with van der Waals surface area (Å²) in [5.41, 5.74) is 27.3. The molecule has 5 aliphatic rings. The van der Waals surface area contributed by atoms with Gasteiger partial charge in [-0.05, 0) is 179 Å². The number of hydrogen-bond acceptors (Lipinski definition) is 21. The molecule has 13 rings (SSSR count). The Hall–Kier alpha value is -9.24. The molecule has 1 amide bonds. The summed E-state index contributed by atoms with van der Waals surface area (Å²) in [6, 6.07) is 17.6. The molecule has 1 fully saturated rings. The van der Waals surface area contributed by atoms with Crippen molar-refractivity contribution in [3.05, 3.63) is 169 Å². The summed E-state index contributed by atoms with van der Waals surface area (Å²) in [4.78, 5) is 52.7. The molecule has 90 heavy (non-hydrogen) atoms. The number of nitrogen functional groups attached to an aromatic ring is 1. The second-order valence-corrected chi connectivity index (χ2v) is 23.1. The Morgan fingerprint density at radius 3 is 1.52 bits per heavy atom. The van der Waals surface area contributed by atoms with E-state index in [2.05, 4.69) is 110 Å². The fourth-order valence-electron chi connectivity index (χ4n) is 11.0. The molecule has 8 aromatic heterocycles. The quantitative estimate of drug-likeness (QED) is 0.0390. The van der Waals surface area contributed by atoms with Crippen LogP contribution in [0.4, 0.5) is 5.82 Å². The smallest absolute Gasteiger partial charge is 0.360 e. The number of carboxylic acids is 1. The number of aromatic carboxylic acids is 1. The molecule has 27 heteroatoms. The molecule has 0 spiro atoms. The maximum atomic E-state index is 12.2. The monoisotopic (exact) mass is 1290 g/mol. The average molecular weight is 1290 g/mol. The Morgan fingerprint density at radius 1 is 0.578 bits per heavy atom. The highest BCUT2D eigenvalue weighted by Gasteiger charge is 2.28. The SMILES string of the molecule is COC(=O)c1cn(CCCCc2cc(Br)c(N)nn2)nn1.NCc1ccccn1.O=C(NCc1ccccn1)c1cn(CCCCc2cc3c(nn2)CC2=C3CCC2)nn1.O=C(O)c1cn(CCCCc2cc3c(nn2)CC2=C3CCC2)nn1.O=C1CCCC1. The summed E-state index contributed by atoms with van der Waals surface area (Å²) in [6.07, 6.45) is 29.7. The van der Waals surface area contributed by atoms with E-state index < -0.39 is 11.9 Å². The number of pyridine rings is 2. The molecule has 0 unspecified atom stereocenters. The Balaban J connectivity index is 0.000000146. The van der Waals surface area contributed by atoms with Gasteiger partial charge in [-0.2, -0.15) is 25.5 Å². The number of rotatable bonds is 21. The molecule has 8 heterocycles. The summed E-state index contributed by atoms with van der Waals surface area (Å²) >= 11 is 3.32. The van der Waals surface area contributed by atoms with Crippen LogP contribution in [0, 0.1) is 0 Å². The third kappa shape index (κ3) is 19.1. The maximum absolute atomic E-state index is 12.2. The number of nitrogens with two attached hydrogens (primary N) is 2. The van der Waals surface area contributed by atoms with Gasteiger partial charge in [0, 0.05) is 75.4 Å². The minimum atomic E-state index is -1.05. The van der Waals surface area contributed by atoms with Crippen molar-refractivity contribution in [3.8, 4) is 0 Å². The third-order valence-electron chi connectivity index (χ3n) is 15.7. The molecule has 470 valence electrons. The first-order chi connectivity index (χ1) is 43.9. The topological polar surface area (TPSA) is 357 Å². The number of fused-ring (bicyclic) bond motifs is 4. The van der Waals surface area contributed by atoms with Gasteiger partial charge >= 0.3 is 11.9 Å². The zero-order valence-corrected chi connectivity index (χ0v) is 52.2. The van der Waals surface area contributed by atoms with E-state index in [1.54, 1.807) is 50.0 Å². The molecular formula is C63H75BrN20O6. The zero-order chi connectivity index (χ0) is 63.0. The van der Waals surface area contributed by atoms with Crippen LogP contribution >= 0.6 is 15.9 Å². The van der Waals surface area contributed by atoms with E-state index in [9.17, 15) is 19.2 Å². The fraction of sp³-hybridized carbons (Fsp3) is 0.429. The van der Waals surface area contributed by atoms with Crippen molar-refractivity contribution in [1.82, 2.24) is 90.9 Å². The van der Waals surface area contributed by atoms with Crippen LogP contribution in [0.1, 0.15) is 185 Å². The number of allylic oxidation sites excluding steroid dienone is 4. The molecular weight excluding hydrogens is 1210 g/mol. The van der Waals surface area contributed by atoms with E-state index >= 15 is 0 Å². The minimum Gasteiger partial charge on any atom is -0.476 e. The summed E-state index contributed by atoms with van der Waals surface area (Å²) in [7, 11) is 1.31. The Labute approximate surface area is 529 Å². The predicted molar refractivity (Wildman–Crippen MR) is 335 cm³/mol. The van der Waals surface area contributed by atoms with Crippen molar-refractivity contribution in [1.29, 1.82) is 0 Å². The van der Waals surface area contributed by atoms with Crippen LogP contribution in [0.15, 0.2) is 101 Å². The van der Waals surface area contributed by atoms with Gasteiger partial charge in [0.05, 0.1) is 76.6 Å². The predicted octanol–water partition coefficient (Wildman–Crippen LogP) is 8.08. The first-order valence-electron chi connectivity index (χ1n) is 30.6. The summed E-state index contributed by atoms with van der Waals surface area (Å²) in [6.45, 7) is 2.95. The van der Waals surface area contributed by atoms with Gasteiger partial charge in [-0.15, -0.1) is 20.4 Å². The van der Waals surface area contributed by atoms with Gasteiger partial charge in [0.15, 0.2) is 22.9 Å². The molecule has 5 aliphatic carbocycles. The van der Waals surface area contributed by atoms with Crippen LogP contribution in [-0.2, 0) is 74.4 Å². The van der Waals surface area contributed by atoms with Crippen LogP contribution in [0.2, 0.25) is 0 Å². The average Bonchev–Trinajstić information content (AvgIpc) is 1.91. The third-order valence-corrected chi connectivity index (χ3v) is 16.3. The first kappa shape index (κ1) is 65.2. The molecule has 6 N–H and O–H groups in total. The number of esters is 1. The maximum Gasteiger partial charge on any atom is 0.360 e. The molecule has 26 nitrogen and oxygen atoms in total. The molecule has 8 aromatic rings. The van der Waals surface area contributed by atoms with Crippen molar-refractivity contribution in [2.24, 2.45) is 5.73 Å². The number of amides is 1. The number of unbranched alkanes of at least 4 members (excludes halogenated alkanes) is 3. The lowest BCUT2D eigenvalue weighted by atomic mass is 10.1. The highest BCUT2D eigenvalue weighted by Crippen LogP contribution is 2.43. The molecule has 1 saturated carbocycles. The zero-order valence-electron chi connectivity index (χ0n) is 50.6. The lowest BCUT2D eigenvalue weighted by Gasteiger charge is -2.06. The van der Waals surface area contributed by atoms with Gasteiger partial charge in [-0.25, -0.2) is 9.59 Å². The van der Waals surface area contributed by atoms with E-state index in [4.69, 9.17) is 16.6 Å². The Bertz CT molecular complexity index is 3770. The van der Waals surface area contributed by atoms with E-state index in [-0.39, 0.29) is 17.3 Å². The van der Waals surface area contributed by atoms with Crippen LogP contribution in [0.25, 0.3) is 11.1 Å². The second-order valence-electron chi connectivity index (χ2n) is 22.2. The number of aryl methyl sites for hydroxylation is 6. The number of methoxy groups -OCH3 is 1. The number of carboxylic acid groups (broad SMARTS) is 1. The van der Waals surface area contributed by atoms with Crippen molar-refractivity contribution in [3.63, 3.8) is 0 Å². The van der Waals surface area contributed by atoms with E-state index in [1.807, 2.05) is 42.5 Å². The van der Waals surface area contributed by atoms with Crippen LogP contribution in [0.5, 0.6) is 0 Å². The van der Waals surface area contributed by atoms with Gasteiger partial charge in [-0.3, -0.25) is 33.6 Å².